The van der Waals surface area contributed by atoms with Gasteiger partial charge < -0.3 is 0 Å². The van der Waals surface area contributed by atoms with Gasteiger partial charge in [0.25, 0.3) is 0 Å². The summed E-state index contributed by atoms with van der Waals surface area (Å²) in [5, 5.41) is 0. The molecule has 0 aliphatic carbocycles. The van der Waals surface area contributed by atoms with Crippen molar-refractivity contribution < 1.29 is 4.79 Å². The number of carbonyl (C=O) groups excluding carboxylic acids is 1. The van der Waals surface area contributed by atoms with Gasteiger partial charge in [0.1, 0.15) is 5.78 Å². The molecule has 0 aromatic carbocycles. The van der Waals surface area contributed by atoms with Crippen molar-refractivity contribution in [1.29, 1.82) is 0 Å². The van der Waals surface area contributed by atoms with Crippen LogP contribution >= 0.6 is 0 Å². The van der Waals surface area contributed by atoms with Crippen molar-refractivity contribution in [3.05, 3.63) is 0 Å². The molecule has 90 valence electrons. The molecule has 0 amide bonds. The van der Waals surface area contributed by atoms with E-state index in [0.717, 1.165) is 25.7 Å². The number of ketones is 1. The number of unbranched alkanes of at least 4 members (excludes halogenated alkanes) is 6. The molecule has 0 radical (unpaired) electrons. The summed E-state index contributed by atoms with van der Waals surface area (Å²) in [5.74, 6) is 0.484. The Morgan fingerprint density at radius 2 is 1.13 bits per heavy atom. The summed E-state index contributed by atoms with van der Waals surface area (Å²) >= 11 is 0. The summed E-state index contributed by atoms with van der Waals surface area (Å²) < 4.78 is 0. The molecule has 15 heavy (non-hydrogen) atoms. The smallest absolute Gasteiger partial charge is 0.187 e. The Labute approximate surface area is 106 Å². The van der Waals surface area contributed by atoms with Crippen LogP contribution in [0.3, 0.4) is 0 Å². The second-order valence-corrected chi connectivity index (χ2v) is 4.16. The Morgan fingerprint density at radius 1 is 0.733 bits per heavy atom. The highest BCUT2D eigenvalue weighted by Gasteiger charge is 2.00. The van der Waals surface area contributed by atoms with Gasteiger partial charge in [0.15, 0.2) is 17.4 Å². The van der Waals surface area contributed by atoms with Crippen molar-refractivity contribution >= 4 is 23.1 Å². The maximum Gasteiger partial charge on any atom is 0.187 e. The maximum absolute atomic E-state index is 11.4. The maximum atomic E-state index is 11.4. The third kappa shape index (κ3) is 14.2. The molecule has 0 aliphatic heterocycles. The van der Waals surface area contributed by atoms with Crippen molar-refractivity contribution in [2.75, 3.05) is 0 Å². The third-order valence-electron chi connectivity index (χ3n) is 2.62. The minimum atomic E-state index is 0. The van der Waals surface area contributed by atoms with Crippen molar-refractivity contribution in [1.82, 2.24) is 0 Å². The van der Waals surface area contributed by atoms with Crippen LogP contribution in [0.25, 0.3) is 0 Å². The molecule has 0 aromatic heterocycles. The third-order valence-corrected chi connectivity index (χ3v) is 2.62. The summed E-state index contributed by atoms with van der Waals surface area (Å²) in [6.07, 6.45) is 11.4. The number of hydrogen-bond acceptors (Lipinski definition) is 1. The van der Waals surface area contributed by atoms with Crippen LogP contribution in [0.4, 0.5) is 0 Å². The van der Waals surface area contributed by atoms with E-state index in [1.54, 1.807) is 0 Å². The van der Waals surface area contributed by atoms with Gasteiger partial charge in [-0.15, -0.1) is 0 Å². The molecule has 0 bridgehead atoms. The highest BCUT2D eigenvalue weighted by Crippen LogP contribution is 2.08. The second-order valence-electron chi connectivity index (χ2n) is 4.16. The highest BCUT2D eigenvalue weighted by atomic mass is 27.0. The van der Waals surface area contributed by atoms with Crippen molar-refractivity contribution in [3.63, 3.8) is 0 Å². The average molecular weight is 228 g/mol. The van der Waals surface area contributed by atoms with Gasteiger partial charge in [-0.2, -0.15) is 0 Å². The van der Waals surface area contributed by atoms with Gasteiger partial charge in [0.05, 0.1) is 0 Å². The molecule has 0 unspecified atom stereocenters. The van der Waals surface area contributed by atoms with Gasteiger partial charge in [-0.3, -0.25) is 4.79 Å². The van der Waals surface area contributed by atoms with Crippen LogP contribution in [0, 0.1) is 0 Å². The van der Waals surface area contributed by atoms with Gasteiger partial charge in [-0.05, 0) is 12.8 Å². The van der Waals surface area contributed by atoms with Gasteiger partial charge in [-0.1, -0.05) is 52.4 Å². The Kier molecular flexibility index (Phi) is 16.7. The van der Waals surface area contributed by atoms with E-state index in [9.17, 15) is 4.79 Å². The van der Waals surface area contributed by atoms with E-state index < -0.39 is 0 Å². The van der Waals surface area contributed by atoms with E-state index in [1.807, 2.05) is 0 Å². The van der Waals surface area contributed by atoms with Crippen LogP contribution in [0.5, 0.6) is 0 Å². The quantitative estimate of drug-likeness (QED) is 0.414. The lowest BCUT2D eigenvalue weighted by Gasteiger charge is -2.00. The molecule has 0 spiro atoms. The first-order chi connectivity index (χ1) is 6.81. The summed E-state index contributed by atoms with van der Waals surface area (Å²) in [5.41, 5.74) is 0. The fourth-order valence-corrected chi connectivity index (χ4v) is 1.62. The first kappa shape index (κ1) is 17.6. The number of hydrogen-bond donors (Lipinski definition) is 0. The van der Waals surface area contributed by atoms with Crippen LogP contribution in [0.15, 0.2) is 0 Å². The van der Waals surface area contributed by atoms with Crippen molar-refractivity contribution in [2.24, 2.45) is 0 Å². The number of rotatable bonds is 10. The van der Waals surface area contributed by atoms with E-state index in [1.165, 1.54) is 38.5 Å². The fraction of sp³-hybridized carbons (Fsp3) is 0.923. The monoisotopic (exact) mass is 228 g/mol. The van der Waals surface area contributed by atoms with Crippen molar-refractivity contribution in [2.45, 2.75) is 78.1 Å². The zero-order valence-electron chi connectivity index (χ0n) is 9.98. The van der Waals surface area contributed by atoms with E-state index in [4.69, 9.17) is 0 Å². The van der Waals surface area contributed by atoms with Gasteiger partial charge in [0, 0.05) is 12.8 Å². The van der Waals surface area contributed by atoms with Gasteiger partial charge >= 0.3 is 0 Å². The molecule has 0 saturated heterocycles. The molecule has 0 N–H and O–H groups in total. The largest absolute Gasteiger partial charge is 0.300 e. The Hall–Kier alpha value is 0.202. The van der Waals surface area contributed by atoms with E-state index in [-0.39, 0.29) is 17.4 Å². The molecular weight excluding hydrogens is 199 g/mol. The van der Waals surface area contributed by atoms with Crippen LogP contribution in [0.1, 0.15) is 78.1 Å². The second kappa shape index (κ2) is 14.2. The molecule has 2 heteroatoms. The Balaban J connectivity index is 0. The summed E-state index contributed by atoms with van der Waals surface area (Å²) in [7, 11) is 0. The molecule has 0 aliphatic rings. The van der Waals surface area contributed by atoms with E-state index >= 15 is 0 Å². The molecule has 0 atom stereocenters. The van der Waals surface area contributed by atoms with Crippen LogP contribution in [0.2, 0.25) is 0 Å². The molecule has 0 fully saturated rings. The Bertz CT molecular complexity index is 120. The lowest BCUT2D eigenvalue weighted by molar-refractivity contribution is -0.119. The zero-order chi connectivity index (χ0) is 10.6. The number of carbonyl (C=O) groups is 1. The standard InChI is InChI=1S/C13H26O.Al.3H/c1-3-5-7-9-11-13(14)12-10-8-6-4-2;;;;/h3-12H2,1-2H3;;;;. The van der Waals surface area contributed by atoms with E-state index in [2.05, 4.69) is 13.8 Å². The summed E-state index contributed by atoms with van der Waals surface area (Å²) in [6.45, 7) is 4.40. The Morgan fingerprint density at radius 3 is 1.47 bits per heavy atom. The summed E-state index contributed by atoms with van der Waals surface area (Å²) in [4.78, 5) is 11.4. The highest BCUT2D eigenvalue weighted by molar-refractivity contribution is 5.78. The predicted molar refractivity (Wildman–Crippen MR) is 72.5 cm³/mol. The minimum Gasteiger partial charge on any atom is -0.300 e. The van der Waals surface area contributed by atoms with Crippen molar-refractivity contribution in [3.8, 4) is 0 Å². The predicted octanol–water partition coefficient (Wildman–Crippen LogP) is 3.31. The molecule has 1 nitrogen and oxygen atoms in total. The van der Waals surface area contributed by atoms with Crippen LogP contribution in [-0.4, -0.2) is 23.1 Å². The van der Waals surface area contributed by atoms with Crippen LogP contribution in [-0.2, 0) is 4.79 Å². The molecule has 0 saturated carbocycles. The zero-order valence-corrected chi connectivity index (χ0v) is 9.98. The first-order valence-corrected chi connectivity index (χ1v) is 6.33. The van der Waals surface area contributed by atoms with Crippen LogP contribution < -0.4 is 0 Å². The molecule has 0 rings (SSSR count). The SMILES string of the molecule is CCCCCCC(=O)CCCCCC.[AlH3]. The topological polar surface area (TPSA) is 17.1 Å². The molecular formula is C13H29AlO. The minimum absolute atomic E-state index is 0. The van der Waals surface area contributed by atoms with Gasteiger partial charge in [-0.25, -0.2) is 0 Å². The van der Waals surface area contributed by atoms with Gasteiger partial charge in [0.2, 0.25) is 0 Å². The fourth-order valence-electron chi connectivity index (χ4n) is 1.62. The normalized spacial score (nSPS) is 9.73. The first-order valence-electron chi connectivity index (χ1n) is 6.33. The molecule has 0 heterocycles. The lowest BCUT2D eigenvalue weighted by atomic mass is 10.0. The number of Topliss-reactive ketones (excluding diaryl/α,β-unsaturated/α-hetero) is 1. The summed E-state index contributed by atoms with van der Waals surface area (Å²) in [6, 6.07) is 0. The lowest BCUT2D eigenvalue weighted by Crippen LogP contribution is -1.97. The van der Waals surface area contributed by atoms with E-state index in [0.29, 0.717) is 5.78 Å². The average Bonchev–Trinajstić information content (AvgIpc) is 2.19. The molecule has 0 aromatic rings.